The summed E-state index contributed by atoms with van der Waals surface area (Å²) in [5, 5.41) is 2.27. The lowest BCUT2D eigenvalue weighted by Crippen LogP contribution is -1.95. The molecular formula is C16H16O2. The molecule has 3 rings (SSSR count). The Bertz CT molecular complexity index is 667. The second-order valence-corrected chi connectivity index (χ2v) is 4.46. The van der Waals surface area contributed by atoms with E-state index in [0.717, 1.165) is 47.1 Å². The van der Waals surface area contributed by atoms with Gasteiger partial charge in [0.2, 0.25) is 0 Å². The Hall–Kier alpha value is -1.96. The maximum Gasteiger partial charge on any atom is 0.135 e. The van der Waals surface area contributed by atoms with E-state index in [1.807, 2.05) is 30.3 Å². The van der Waals surface area contributed by atoms with Crippen LogP contribution in [0.2, 0.25) is 0 Å². The molecule has 0 saturated heterocycles. The Morgan fingerprint density at radius 3 is 2.72 bits per heavy atom. The highest BCUT2D eigenvalue weighted by Gasteiger charge is 2.06. The number of fused-ring (bicyclic) bond motifs is 3. The van der Waals surface area contributed by atoms with Crippen molar-refractivity contribution in [3.63, 3.8) is 0 Å². The van der Waals surface area contributed by atoms with E-state index < -0.39 is 0 Å². The number of rotatable bonds is 4. The molecule has 2 aromatic carbocycles. The van der Waals surface area contributed by atoms with Crippen LogP contribution in [-0.2, 0) is 0 Å². The average Bonchev–Trinajstić information content (AvgIpc) is 2.77. The van der Waals surface area contributed by atoms with Crippen molar-refractivity contribution in [3.8, 4) is 5.75 Å². The molecule has 0 unspecified atom stereocenters. The molecule has 0 bridgehead atoms. The van der Waals surface area contributed by atoms with Crippen molar-refractivity contribution in [3.05, 3.63) is 42.5 Å². The van der Waals surface area contributed by atoms with Gasteiger partial charge in [-0.2, -0.15) is 0 Å². The summed E-state index contributed by atoms with van der Waals surface area (Å²) in [6.45, 7) is 2.94. The van der Waals surface area contributed by atoms with Crippen molar-refractivity contribution in [1.82, 2.24) is 0 Å². The van der Waals surface area contributed by atoms with Crippen molar-refractivity contribution in [2.45, 2.75) is 19.8 Å². The fourth-order valence-corrected chi connectivity index (χ4v) is 2.13. The highest BCUT2D eigenvalue weighted by Crippen LogP contribution is 2.31. The first-order valence-corrected chi connectivity index (χ1v) is 6.42. The Morgan fingerprint density at radius 2 is 1.83 bits per heavy atom. The van der Waals surface area contributed by atoms with Crippen LogP contribution in [0.3, 0.4) is 0 Å². The predicted octanol–water partition coefficient (Wildman–Crippen LogP) is 4.76. The van der Waals surface area contributed by atoms with E-state index >= 15 is 0 Å². The van der Waals surface area contributed by atoms with Gasteiger partial charge < -0.3 is 9.15 Å². The second kappa shape index (κ2) is 4.73. The zero-order chi connectivity index (χ0) is 12.4. The molecule has 0 amide bonds. The molecule has 3 aromatic rings. The van der Waals surface area contributed by atoms with Crippen LogP contribution in [0.25, 0.3) is 21.9 Å². The van der Waals surface area contributed by atoms with Crippen molar-refractivity contribution >= 4 is 21.9 Å². The second-order valence-electron chi connectivity index (χ2n) is 4.46. The predicted molar refractivity (Wildman–Crippen MR) is 74.1 cm³/mol. The molecule has 2 nitrogen and oxygen atoms in total. The van der Waals surface area contributed by atoms with Gasteiger partial charge >= 0.3 is 0 Å². The molecule has 92 valence electrons. The molecule has 1 aromatic heterocycles. The summed E-state index contributed by atoms with van der Waals surface area (Å²) in [7, 11) is 0. The van der Waals surface area contributed by atoms with Gasteiger partial charge in [0.1, 0.15) is 16.9 Å². The number of unbranched alkanes of at least 4 members (excludes halogenated alkanes) is 1. The number of benzene rings is 2. The average molecular weight is 240 g/mol. The van der Waals surface area contributed by atoms with E-state index in [0.29, 0.717) is 0 Å². The molecule has 0 radical (unpaired) electrons. The van der Waals surface area contributed by atoms with Crippen molar-refractivity contribution in [1.29, 1.82) is 0 Å². The van der Waals surface area contributed by atoms with Crippen molar-refractivity contribution in [2.75, 3.05) is 6.61 Å². The summed E-state index contributed by atoms with van der Waals surface area (Å²) in [6, 6.07) is 14.1. The summed E-state index contributed by atoms with van der Waals surface area (Å²) in [4.78, 5) is 0. The van der Waals surface area contributed by atoms with Crippen molar-refractivity contribution < 1.29 is 9.15 Å². The first kappa shape index (κ1) is 11.1. The fourth-order valence-electron chi connectivity index (χ4n) is 2.13. The van der Waals surface area contributed by atoms with Crippen LogP contribution in [0.5, 0.6) is 5.75 Å². The minimum absolute atomic E-state index is 0.776. The Balaban J connectivity index is 2.02. The number of para-hydroxylation sites is 1. The molecule has 0 N–H and O–H groups in total. The number of hydrogen-bond acceptors (Lipinski definition) is 2. The third-order valence-corrected chi connectivity index (χ3v) is 3.11. The molecule has 0 spiro atoms. The Kier molecular flexibility index (Phi) is 2.93. The van der Waals surface area contributed by atoms with E-state index in [9.17, 15) is 0 Å². The van der Waals surface area contributed by atoms with Gasteiger partial charge in [-0.1, -0.05) is 31.5 Å². The lowest BCUT2D eigenvalue weighted by atomic mass is 10.1. The molecule has 0 aliphatic carbocycles. The van der Waals surface area contributed by atoms with Crippen LogP contribution in [0.15, 0.2) is 46.9 Å². The van der Waals surface area contributed by atoms with Gasteiger partial charge in [-0.05, 0) is 30.7 Å². The first-order chi connectivity index (χ1) is 8.88. The fraction of sp³-hybridized carbons (Fsp3) is 0.250. The zero-order valence-corrected chi connectivity index (χ0v) is 10.5. The first-order valence-electron chi connectivity index (χ1n) is 6.42. The summed E-state index contributed by atoms with van der Waals surface area (Å²) >= 11 is 0. The van der Waals surface area contributed by atoms with Gasteiger partial charge in [-0.3, -0.25) is 0 Å². The van der Waals surface area contributed by atoms with Gasteiger partial charge in [0, 0.05) is 10.8 Å². The number of hydrogen-bond donors (Lipinski definition) is 0. The van der Waals surface area contributed by atoms with Crippen LogP contribution >= 0.6 is 0 Å². The van der Waals surface area contributed by atoms with E-state index in [-0.39, 0.29) is 0 Å². The highest BCUT2D eigenvalue weighted by atomic mass is 16.5. The lowest BCUT2D eigenvalue weighted by Gasteiger charge is -2.04. The third kappa shape index (κ3) is 1.94. The van der Waals surface area contributed by atoms with E-state index in [1.165, 1.54) is 0 Å². The van der Waals surface area contributed by atoms with Gasteiger partial charge in [-0.25, -0.2) is 0 Å². The quantitative estimate of drug-likeness (QED) is 0.613. The van der Waals surface area contributed by atoms with Crippen LogP contribution in [0.4, 0.5) is 0 Å². The topological polar surface area (TPSA) is 22.4 Å². The number of ether oxygens (including phenoxy) is 1. The van der Waals surface area contributed by atoms with Gasteiger partial charge in [0.05, 0.1) is 6.61 Å². The molecule has 0 fully saturated rings. The van der Waals surface area contributed by atoms with Crippen LogP contribution in [0.1, 0.15) is 19.8 Å². The smallest absolute Gasteiger partial charge is 0.135 e. The normalized spacial score (nSPS) is 11.2. The number of furan rings is 1. The Labute approximate surface area is 106 Å². The minimum Gasteiger partial charge on any atom is -0.494 e. The zero-order valence-electron chi connectivity index (χ0n) is 10.5. The van der Waals surface area contributed by atoms with E-state index in [2.05, 4.69) is 19.1 Å². The summed E-state index contributed by atoms with van der Waals surface area (Å²) in [6.07, 6.45) is 2.24. The highest BCUT2D eigenvalue weighted by molar-refractivity contribution is 6.05. The Morgan fingerprint density at radius 1 is 1.00 bits per heavy atom. The van der Waals surface area contributed by atoms with Gasteiger partial charge in [0.25, 0.3) is 0 Å². The van der Waals surface area contributed by atoms with E-state index in [4.69, 9.17) is 9.15 Å². The molecule has 2 heteroatoms. The molecule has 1 heterocycles. The molecule has 0 atom stereocenters. The summed E-state index contributed by atoms with van der Waals surface area (Å²) in [5.41, 5.74) is 1.84. The molecule has 0 aliphatic heterocycles. The standard InChI is InChI=1S/C16H16O2/c1-2-3-10-17-12-8-9-16-14(11-12)13-6-4-5-7-15(13)18-16/h4-9,11H,2-3,10H2,1H3. The van der Waals surface area contributed by atoms with Crippen molar-refractivity contribution in [2.24, 2.45) is 0 Å². The van der Waals surface area contributed by atoms with Crippen LogP contribution < -0.4 is 4.74 Å². The third-order valence-electron chi connectivity index (χ3n) is 3.11. The lowest BCUT2D eigenvalue weighted by molar-refractivity contribution is 0.310. The minimum atomic E-state index is 0.776. The van der Waals surface area contributed by atoms with Gasteiger partial charge in [-0.15, -0.1) is 0 Å². The molecule has 18 heavy (non-hydrogen) atoms. The monoisotopic (exact) mass is 240 g/mol. The van der Waals surface area contributed by atoms with Crippen LogP contribution in [0, 0.1) is 0 Å². The maximum absolute atomic E-state index is 5.78. The molecular weight excluding hydrogens is 224 g/mol. The van der Waals surface area contributed by atoms with Gasteiger partial charge in [0.15, 0.2) is 0 Å². The summed E-state index contributed by atoms with van der Waals surface area (Å²) < 4.78 is 11.5. The van der Waals surface area contributed by atoms with E-state index in [1.54, 1.807) is 0 Å². The maximum atomic E-state index is 5.78. The largest absolute Gasteiger partial charge is 0.494 e. The van der Waals surface area contributed by atoms with Crippen LogP contribution in [-0.4, -0.2) is 6.61 Å². The summed E-state index contributed by atoms with van der Waals surface area (Å²) in [5.74, 6) is 0.919. The molecule has 0 aliphatic rings. The SMILES string of the molecule is CCCCOc1ccc2oc3ccccc3c2c1. The molecule has 0 saturated carbocycles.